The molecule has 1 aliphatic rings. The summed E-state index contributed by atoms with van der Waals surface area (Å²) in [5.74, 6) is 0. The zero-order valence-electron chi connectivity index (χ0n) is 17.6. The van der Waals surface area contributed by atoms with Gasteiger partial charge < -0.3 is 9.30 Å². The molecule has 0 radical (unpaired) electrons. The van der Waals surface area contributed by atoms with E-state index >= 15 is 0 Å². The molecular weight excluding hydrogens is 458 g/mol. The summed E-state index contributed by atoms with van der Waals surface area (Å²) >= 11 is 5.27. The van der Waals surface area contributed by atoms with E-state index in [4.69, 9.17) is 9.73 Å². The molecule has 4 rings (SSSR count). The first-order chi connectivity index (χ1) is 14.6. The summed E-state index contributed by atoms with van der Waals surface area (Å²) in [5.41, 5.74) is 6.04. The Balaban J connectivity index is 1.66. The minimum absolute atomic E-state index is 0.850. The molecule has 1 aliphatic heterocycles. The van der Waals surface area contributed by atoms with Crippen LogP contribution in [0.2, 0.25) is 0 Å². The van der Waals surface area contributed by atoms with Crippen molar-refractivity contribution in [2.45, 2.75) is 26.8 Å². The molecule has 2 aromatic carbocycles. The Labute approximate surface area is 191 Å². The number of ether oxygens (including phenoxy) is 1. The summed E-state index contributed by atoms with van der Waals surface area (Å²) in [4.78, 5) is 8.63. The van der Waals surface area contributed by atoms with Crippen LogP contribution in [0.15, 0.2) is 57.3 Å². The molecule has 0 spiro atoms. The maximum atomic E-state index is 5.48. The number of thiazole rings is 1. The number of aromatic nitrogens is 1. The average molecular weight is 486 g/mol. The number of hydrogen-bond acceptors (Lipinski definition) is 4. The molecule has 1 aromatic heterocycles. The van der Waals surface area contributed by atoms with Crippen molar-refractivity contribution in [1.82, 2.24) is 9.47 Å². The highest BCUT2D eigenvalue weighted by molar-refractivity contribution is 9.10. The largest absolute Gasteiger partial charge is 0.379 e. The van der Waals surface area contributed by atoms with Crippen molar-refractivity contribution in [3.8, 4) is 11.3 Å². The number of rotatable bonds is 6. The second-order valence-electron chi connectivity index (χ2n) is 7.70. The fourth-order valence-electron chi connectivity index (χ4n) is 3.72. The van der Waals surface area contributed by atoms with Crippen LogP contribution < -0.4 is 4.80 Å². The third kappa shape index (κ3) is 5.11. The van der Waals surface area contributed by atoms with Gasteiger partial charge in [-0.05, 0) is 55.2 Å². The summed E-state index contributed by atoms with van der Waals surface area (Å²) < 4.78 is 8.96. The number of nitrogens with zero attached hydrogens (tertiary/aromatic N) is 3. The number of halogens is 1. The second kappa shape index (κ2) is 10.1. The van der Waals surface area contributed by atoms with Gasteiger partial charge in [-0.1, -0.05) is 40.2 Å². The molecule has 1 fully saturated rings. The number of benzene rings is 2. The van der Waals surface area contributed by atoms with Gasteiger partial charge in [0.25, 0.3) is 0 Å². The number of aryl methyl sites for hydroxylation is 1. The molecule has 0 N–H and O–H groups in total. The molecule has 4 nitrogen and oxygen atoms in total. The monoisotopic (exact) mass is 485 g/mol. The van der Waals surface area contributed by atoms with Gasteiger partial charge in [0.1, 0.15) is 0 Å². The third-order valence-electron chi connectivity index (χ3n) is 5.69. The Morgan fingerprint density at radius 3 is 2.57 bits per heavy atom. The van der Waals surface area contributed by atoms with Gasteiger partial charge >= 0.3 is 0 Å². The predicted octanol–water partition coefficient (Wildman–Crippen LogP) is 5.55. The van der Waals surface area contributed by atoms with Crippen LogP contribution in [-0.4, -0.2) is 42.3 Å². The van der Waals surface area contributed by atoms with Crippen LogP contribution in [0.3, 0.4) is 0 Å². The molecule has 2 heterocycles. The predicted molar refractivity (Wildman–Crippen MR) is 128 cm³/mol. The Morgan fingerprint density at radius 2 is 1.80 bits per heavy atom. The van der Waals surface area contributed by atoms with E-state index in [1.165, 1.54) is 22.4 Å². The van der Waals surface area contributed by atoms with Gasteiger partial charge in [0, 0.05) is 36.0 Å². The van der Waals surface area contributed by atoms with E-state index in [1.807, 2.05) is 0 Å². The van der Waals surface area contributed by atoms with Crippen molar-refractivity contribution in [2.75, 3.05) is 32.8 Å². The zero-order chi connectivity index (χ0) is 20.9. The number of hydrogen-bond donors (Lipinski definition) is 0. The first-order valence-electron chi connectivity index (χ1n) is 10.5. The van der Waals surface area contributed by atoms with Crippen LogP contribution >= 0.6 is 27.3 Å². The Morgan fingerprint density at radius 1 is 1.03 bits per heavy atom. The van der Waals surface area contributed by atoms with E-state index in [1.54, 1.807) is 11.3 Å². The normalized spacial score (nSPS) is 15.6. The smallest absolute Gasteiger partial charge is 0.190 e. The lowest BCUT2D eigenvalue weighted by Crippen LogP contribution is -2.37. The first-order valence-corrected chi connectivity index (χ1v) is 12.1. The average Bonchev–Trinajstić information content (AvgIpc) is 3.15. The molecule has 0 atom stereocenters. The van der Waals surface area contributed by atoms with Crippen molar-refractivity contribution in [2.24, 2.45) is 4.99 Å². The first kappa shape index (κ1) is 21.5. The maximum absolute atomic E-state index is 5.48. The van der Waals surface area contributed by atoms with E-state index in [2.05, 4.69) is 87.1 Å². The van der Waals surface area contributed by atoms with E-state index in [0.29, 0.717) is 0 Å². The summed E-state index contributed by atoms with van der Waals surface area (Å²) in [6, 6.07) is 14.9. The standard InChI is InChI=1S/C24H28BrN3OS/c1-18-5-3-6-22(19(18)2)26-24-28(12-4-11-27-13-15-29-16-14-27)23(17-30-24)20-7-9-21(25)10-8-20/h3,5-10,17H,4,11-16H2,1-2H3. The molecule has 0 amide bonds. The Kier molecular flexibility index (Phi) is 7.20. The van der Waals surface area contributed by atoms with E-state index in [9.17, 15) is 0 Å². The Hall–Kier alpha value is -1.73. The molecule has 158 valence electrons. The van der Waals surface area contributed by atoms with Crippen molar-refractivity contribution >= 4 is 33.0 Å². The van der Waals surface area contributed by atoms with Crippen LogP contribution in [0, 0.1) is 13.8 Å². The lowest BCUT2D eigenvalue weighted by Gasteiger charge is -2.26. The topological polar surface area (TPSA) is 29.8 Å². The Bertz CT molecular complexity index is 1050. The molecule has 0 bridgehead atoms. The highest BCUT2D eigenvalue weighted by atomic mass is 79.9. The summed E-state index contributed by atoms with van der Waals surface area (Å²) in [7, 11) is 0. The lowest BCUT2D eigenvalue weighted by molar-refractivity contribution is 0.0369. The fraction of sp³-hybridized carbons (Fsp3) is 0.375. The highest BCUT2D eigenvalue weighted by Gasteiger charge is 2.12. The van der Waals surface area contributed by atoms with Gasteiger partial charge in [-0.15, -0.1) is 11.3 Å². The van der Waals surface area contributed by atoms with E-state index < -0.39 is 0 Å². The van der Waals surface area contributed by atoms with Crippen molar-refractivity contribution in [3.05, 3.63) is 68.2 Å². The second-order valence-corrected chi connectivity index (χ2v) is 9.45. The molecule has 6 heteroatoms. The van der Waals surface area contributed by atoms with Gasteiger partial charge in [-0.25, -0.2) is 4.99 Å². The van der Waals surface area contributed by atoms with Gasteiger partial charge in [0.05, 0.1) is 24.6 Å². The van der Waals surface area contributed by atoms with Crippen LogP contribution in [0.25, 0.3) is 11.3 Å². The van der Waals surface area contributed by atoms with Crippen molar-refractivity contribution in [3.63, 3.8) is 0 Å². The van der Waals surface area contributed by atoms with Gasteiger partial charge in [-0.3, -0.25) is 4.90 Å². The van der Waals surface area contributed by atoms with Crippen LogP contribution in [0.1, 0.15) is 17.5 Å². The van der Waals surface area contributed by atoms with Gasteiger partial charge in [-0.2, -0.15) is 0 Å². The molecule has 30 heavy (non-hydrogen) atoms. The van der Waals surface area contributed by atoms with Crippen LogP contribution in [0.4, 0.5) is 5.69 Å². The van der Waals surface area contributed by atoms with E-state index in [-0.39, 0.29) is 0 Å². The van der Waals surface area contributed by atoms with E-state index in [0.717, 1.165) is 60.8 Å². The van der Waals surface area contributed by atoms with Crippen LogP contribution in [0.5, 0.6) is 0 Å². The number of morpholine rings is 1. The minimum atomic E-state index is 0.850. The molecule has 0 aliphatic carbocycles. The maximum Gasteiger partial charge on any atom is 0.190 e. The quantitative estimate of drug-likeness (QED) is 0.457. The SMILES string of the molecule is Cc1cccc(N=c2scc(-c3ccc(Br)cc3)n2CCCN2CCOCC2)c1C. The summed E-state index contributed by atoms with van der Waals surface area (Å²) in [5, 5.41) is 2.24. The molecule has 3 aromatic rings. The van der Waals surface area contributed by atoms with Crippen molar-refractivity contribution < 1.29 is 4.74 Å². The fourth-order valence-corrected chi connectivity index (χ4v) is 4.94. The lowest BCUT2D eigenvalue weighted by atomic mass is 10.1. The van der Waals surface area contributed by atoms with Gasteiger partial charge in [0.2, 0.25) is 0 Å². The molecule has 1 saturated heterocycles. The zero-order valence-corrected chi connectivity index (χ0v) is 20.0. The summed E-state index contributed by atoms with van der Waals surface area (Å²) in [6.45, 7) is 10.1. The molecular formula is C24H28BrN3OS. The van der Waals surface area contributed by atoms with Gasteiger partial charge in [0.15, 0.2) is 4.80 Å². The summed E-state index contributed by atoms with van der Waals surface area (Å²) in [6.07, 6.45) is 1.10. The molecule has 0 unspecified atom stereocenters. The minimum Gasteiger partial charge on any atom is -0.379 e. The van der Waals surface area contributed by atoms with Crippen LogP contribution in [-0.2, 0) is 11.3 Å². The van der Waals surface area contributed by atoms with Crippen molar-refractivity contribution in [1.29, 1.82) is 0 Å². The molecule has 0 saturated carbocycles. The highest BCUT2D eigenvalue weighted by Crippen LogP contribution is 2.25. The third-order valence-corrected chi connectivity index (χ3v) is 7.08.